The quantitative estimate of drug-likeness (QED) is 0.188. The fraction of sp³-hybridized carbons (Fsp3) is 0.0588. The van der Waals surface area contributed by atoms with E-state index in [-0.39, 0.29) is 26.8 Å². The fourth-order valence-electron chi connectivity index (χ4n) is 5.27. The summed E-state index contributed by atoms with van der Waals surface area (Å²) in [6.07, 6.45) is 1.79. The molecule has 3 aromatic heterocycles. The standard InChI is InChI=1S/C34H24N3O2.Pt/c1-21-11-14-29-27(16-21)25-13-12-24(19-30(25)37(29)32-10-6-7-15-35-32)39-33-20-26(23-8-4-3-5-9-23)28-17-22(2)18-31(38)34(28)36-33;/h3-18,20,38H,1-2H3;/q-1;. The van der Waals surface area contributed by atoms with Gasteiger partial charge in [0.05, 0.1) is 0 Å². The van der Waals surface area contributed by atoms with E-state index in [1.165, 1.54) is 5.56 Å². The molecule has 3 heterocycles. The van der Waals surface area contributed by atoms with Crippen LogP contribution in [0, 0.1) is 19.9 Å². The van der Waals surface area contributed by atoms with Crippen LogP contribution in [0.25, 0.3) is 49.7 Å². The van der Waals surface area contributed by atoms with Gasteiger partial charge in [-0.15, -0.1) is 17.5 Å². The van der Waals surface area contributed by atoms with Crippen molar-refractivity contribution in [3.8, 4) is 34.3 Å². The Morgan fingerprint density at radius 2 is 1.57 bits per heavy atom. The predicted octanol–water partition coefficient (Wildman–Crippen LogP) is 8.31. The van der Waals surface area contributed by atoms with Crippen LogP contribution in [-0.4, -0.2) is 19.6 Å². The van der Waals surface area contributed by atoms with Gasteiger partial charge in [-0.1, -0.05) is 59.6 Å². The molecule has 1 N–H and O–H groups in total. The zero-order valence-electron chi connectivity index (χ0n) is 21.8. The van der Waals surface area contributed by atoms with Gasteiger partial charge in [0.1, 0.15) is 17.1 Å². The second kappa shape index (κ2) is 10.3. The zero-order chi connectivity index (χ0) is 26.5. The third kappa shape index (κ3) is 4.43. The first-order valence-electron chi connectivity index (χ1n) is 12.8. The Hall–Kier alpha value is -4.47. The van der Waals surface area contributed by atoms with Gasteiger partial charge in [0.2, 0.25) is 5.88 Å². The van der Waals surface area contributed by atoms with Crippen LogP contribution in [0.4, 0.5) is 0 Å². The molecule has 4 aromatic carbocycles. The number of phenols is 1. The summed E-state index contributed by atoms with van der Waals surface area (Å²) in [6.45, 7) is 4.06. The minimum atomic E-state index is 0. The summed E-state index contributed by atoms with van der Waals surface area (Å²) < 4.78 is 8.45. The van der Waals surface area contributed by atoms with Crippen molar-refractivity contribution in [3.63, 3.8) is 0 Å². The molecule has 0 aliphatic heterocycles. The van der Waals surface area contributed by atoms with Crippen LogP contribution in [0.15, 0.2) is 103 Å². The zero-order valence-corrected chi connectivity index (χ0v) is 24.1. The monoisotopic (exact) mass is 701 g/mol. The molecule has 0 aliphatic carbocycles. The van der Waals surface area contributed by atoms with E-state index >= 15 is 0 Å². The third-order valence-corrected chi connectivity index (χ3v) is 7.00. The molecule has 0 unspecified atom stereocenters. The topological polar surface area (TPSA) is 60.2 Å². The number of pyridine rings is 2. The number of benzene rings is 4. The van der Waals surface area contributed by atoms with E-state index in [1.807, 2.05) is 73.7 Å². The van der Waals surface area contributed by atoms with Crippen molar-refractivity contribution in [1.82, 2.24) is 14.5 Å². The number of aromatic hydroxyl groups is 1. The molecular weight excluding hydrogens is 677 g/mol. The van der Waals surface area contributed by atoms with Crippen LogP contribution in [-0.2, 0) is 21.1 Å². The molecule has 0 spiro atoms. The Bertz CT molecular complexity index is 2020. The molecule has 0 amide bonds. The minimum Gasteiger partial charge on any atom is -0.506 e. The van der Waals surface area contributed by atoms with Gasteiger partial charge >= 0.3 is 0 Å². The molecule has 0 saturated heterocycles. The number of hydrogen-bond acceptors (Lipinski definition) is 4. The van der Waals surface area contributed by atoms with Crippen molar-refractivity contribution in [1.29, 1.82) is 0 Å². The number of aromatic nitrogens is 3. The van der Waals surface area contributed by atoms with Crippen LogP contribution in [0.5, 0.6) is 17.4 Å². The van der Waals surface area contributed by atoms with Crippen LogP contribution < -0.4 is 4.74 Å². The molecule has 0 radical (unpaired) electrons. The summed E-state index contributed by atoms with van der Waals surface area (Å²) in [7, 11) is 0. The Morgan fingerprint density at radius 1 is 0.775 bits per heavy atom. The molecule has 0 aliphatic rings. The molecule has 5 nitrogen and oxygen atoms in total. The Labute approximate surface area is 246 Å². The third-order valence-electron chi connectivity index (χ3n) is 7.00. The molecule has 0 atom stereocenters. The molecular formula is C34H24N3O2Pt-. The Kier molecular flexibility index (Phi) is 6.61. The second-order valence-corrected chi connectivity index (χ2v) is 9.79. The van der Waals surface area contributed by atoms with E-state index in [1.54, 1.807) is 12.3 Å². The molecule has 7 aromatic rings. The molecule has 198 valence electrons. The van der Waals surface area contributed by atoms with Gasteiger partial charge in [0.25, 0.3) is 0 Å². The van der Waals surface area contributed by atoms with Gasteiger partial charge in [-0.2, -0.15) is 6.07 Å². The number of aryl methyl sites for hydroxylation is 2. The van der Waals surface area contributed by atoms with Crippen LogP contribution in [0.2, 0.25) is 0 Å². The molecule has 0 fully saturated rings. The summed E-state index contributed by atoms with van der Waals surface area (Å²) in [4.78, 5) is 9.32. The van der Waals surface area contributed by atoms with E-state index in [2.05, 4.69) is 46.8 Å². The van der Waals surface area contributed by atoms with E-state index in [9.17, 15) is 5.11 Å². The van der Waals surface area contributed by atoms with Gasteiger partial charge < -0.3 is 14.4 Å². The van der Waals surface area contributed by atoms with Crippen LogP contribution >= 0.6 is 0 Å². The minimum absolute atomic E-state index is 0. The van der Waals surface area contributed by atoms with Crippen molar-refractivity contribution < 1.29 is 30.9 Å². The second-order valence-electron chi connectivity index (χ2n) is 9.79. The van der Waals surface area contributed by atoms with Crippen molar-refractivity contribution in [2.75, 3.05) is 0 Å². The summed E-state index contributed by atoms with van der Waals surface area (Å²) >= 11 is 0. The number of rotatable bonds is 4. The molecule has 0 saturated carbocycles. The average molecular weight is 702 g/mol. The number of fused-ring (bicyclic) bond motifs is 4. The Morgan fingerprint density at radius 3 is 2.38 bits per heavy atom. The van der Waals surface area contributed by atoms with Gasteiger partial charge in [0.15, 0.2) is 0 Å². The van der Waals surface area contributed by atoms with E-state index in [0.29, 0.717) is 17.1 Å². The van der Waals surface area contributed by atoms with E-state index < -0.39 is 0 Å². The van der Waals surface area contributed by atoms with Crippen molar-refractivity contribution in [2.24, 2.45) is 0 Å². The maximum Gasteiger partial charge on any atom is 0.217 e. The Balaban J connectivity index is 0.00000289. The summed E-state index contributed by atoms with van der Waals surface area (Å²) in [5.74, 6) is 1.84. The van der Waals surface area contributed by atoms with Gasteiger partial charge in [-0.3, -0.25) is 0 Å². The number of nitrogens with zero attached hydrogens (tertiary/aromatic N) is 3. The maximum absolute atomic E-state index is 10.8. The van der Waals surface area contributed by atoms with Crippen molar-refractivity contribution in [3.05, 3.63) is 120 Å². The SMILES string of the molecule is Cc1cc(O)c2nc(Oc3[c-]c4c(cc3)c3cc(C)ccc3n4-c3ccccn3)cc(-c3ccccc3)c2c1.[Pt]. The van der Waals surface area contributed by atoms with Gasteiger partial charge in [-0.05, 0) is 66.3 Å². The predicted molar refractivity (Wildman–Crippen MR) is 156 cm³/mol. The molecule has 0 bridgehead atoms. The van der Waals surface area contributed by atoms with Crippen molar-refractivity contribution in [2.45, 2.75) is 13.8 Å². The molecule has 40 heavy (non-hydrogen) atoms. The van der Waals surface area contributed by atoms with Gasteiger partial charge in [0, 0.05) is 50.0 Å². The van der Waals surface area contributed by atoms with E-state index in [4.69, 9.17) is 9.72 Å². The van der Waals surface area contributed by atoms with Crippen LogP contribution in [0.3, 0.4) is 0 Å². The van der Waals surface area contributed by atoms with Crippen molar-refractivity contribution >= 4 is 32.7 Å². The van der Waals surface area contributed by atoms with E-state index in [0.717, 1.165) is 49.7 Å². The number of hydrogen-bond donors (Lipinski definition) is 1. The van der Waals surface area contributed by atoms with Gasteiger partial charge in [-0.25, -0.2) is 9.97 Å². The first-order chi connectivity index (χ1) is 19.0. The first kappa shape index (κ1) is 25.8. The summed E-state index contributed by atoms with van der Waals surface area (Å²) in [6, 6.07) is 35.5. The summed E-state index contributed by atoms with van der Waals surface area (Å²) in [5.41, 5.74) is 6.53. The maximum atomic E-state index is 10.8. The first-order valence-corrected chi connectivity index (χ1v) is 12.8. The average Bonchev–Trinajstić information content (AvgIpc) is 3.26. The fourth-order valence-corrected chi connectivity index (χ4v) is 5.27. The van der Waals surface area contributed by atoms with Crippen LogP contribution in [0.1, 0.15) is 11.1 Å². The summed E-state index contributed by atoms with van der Waals surface area (Å²) in [5, 5.41) is 13.9. The molecule has 7 rings (SSSR count). The number of phenolic OH excluding ortho intramolecular Hbond substituents is 1. The largest absolute Gasteiger partial charge is 0.506 e. The molecule has 6 heteroatoms. The smallest absolute Gasteiger partial charge is 0.217 e. The number of ether oxygens (including phenoxy) is 1. The normalized spacial score (nSPS) is 11.2.